The first kappa shape index (κ1) is 19.2. The van der Waals surface area contributed by atoms with Crippen LogP contribution in [0.5, 0.6) is 5.75 Å². The summed E-state index contributed by atoms with van der Waals surface area (Å²) in [7, 11) is 1.66. The topological polar surface area (TPSA) is 46.6 Å². The van der Waals surface area contributed by atoms with Gasteiger partial charge in [0.2, 0.25) is 0 Å². The standard InChI is InChI=1S/C22H23NO3S/c1-14(2)18-11-17(15(3)10-19(18)26-4)12-20-21(24)23(22(25)27-20)13-16-8-6-5-7-9-16/h5-12,14H,13H2,1-4H3/b20-12-. The van der Waals surface area contributed by atoms with Crippen molar-refractivity contribution in [1.29, 1.82) is 0 Å². The van der Waals surface area contributed by atoms with E-state index in [-0.39, 0.29) is 11.1 Å². The maximum atomic E-state index is 12.8. The molecule has 2 aromatic rings. The first-order valence-corrected chi connectivity index (χ1v) is 9.70. The fourth-order valence-electron chi connectivity index (χ4n) is 3.04. The summed E-state index contributed by atoms with van der Waals surface area (Å²) in [5.41, 5.74) is 3.96. The fraction of sp³-hybridized carbons (Fsp3) is 0.273. The SMILES string of the molecule is COc1cc(C)c(/C=C2\SC(=O)N(Cc3ccccc3)C2=O)cc1C(C)C. The van der Waals surface area contributed by atoms with Crippen molar-refractivity contribution in [2.75, 3.05) is 7.11 Å². The van der Waals surface area contributed by atoms with Crippen LogP contribution >= 0.6 is 11.8 Å². The molecule has 0 aromatic heterocycles. The summed E-state index contributed by atoms with van der Waals surface area (Å²) in [5, 5.41) is -0.231. The van der Waals surface area contributed by atoms with Gasteiger partial charge in [0.25, 0.3) is 11.1 Å². The van der Waals surface area contributed by atoms with Gasteiger partial charge in [-0.25, -0.2) is 0 Å². The number of imide groups is 1. The van der Waals surface area contributed by atoms with Gasteiger partial charge < -0.3 is 4.74 Å². The van der Waals surface area contributed by atoms with Crippen LogP contribution in [0.25, 0.3) is 6.08 Å². The highest BCUT2D eigenvalue weighted by Crippen LogP contribution is 2.36. The van der Waals surface area contributed by atoms with Crippen molar-refractivity contribution in [2.24, 2.45) is 0 Å². The highest BCUT2D eigenvalue weighted by Gasteiger charge is 2.35. The Morgan fingerprint density at radius 2 is 1.85 bits per heavy atom. The van der Waals surface area contributed by atoms with E-state index in [1.807, 2.05) is 55.5 Å². The minimum absolute atomic E-state index is 0.231. The molecule has 5 heteroatoms. The van der Waals surface area contributed by atoms with Crippen LogP contribution in [0.15, 0.2) is 47.4 Å². The number of rotatable bonds is 5. The molecular weight excluding hydrogens is 358 g/mol. The number of carbonyl (C=O) groups is 2. The van der Waals surface area contributed by atoms with Gasteiger partial charge in [0.1, 0.15) is 5.75 Å². The Hall–Kier alpha value is -2.53. The Morgan fingerprint density at radius 1 is 1.15 bits per heavy atom. The van der Waals surface area contributed by atoms with Crippen LogP contribution < -0.4 is 4.74 Å². The zero-order valence-electron chi connectivity index (χ0n) is 16.0. The molecule has 0 unspecified atom stereocenters. The second-order valence-electron chi connectivity index (χ2n) is 6.86. The molecule has 1 aliphatic rings. The predicted octanol–water partition coefficient (Wildman–Crippen LogP) is 5.36. The smallest absolute Gasteiger partial charge is 0.293 e. The van der Waals surface area contributed by atoms with Crippen LogP contribution in [-0.4, -0.2) is 23.2 Å². The van der Waals surface area contributed by atoms with Gasteiger partial charge in [-0.3, -0.25) is 14.5 Å². The number of hydrogen-bond acceptors (Lipinski definition) is 4. The Kier molecular flexibility index (Phi) is 5.71. The lowest BCUT2D eigenvalue weighted by Gasteiger charge is -2.15. The van der Waals surface area contributed by atoms with Crippen LogP contribution in [0, 0.1) is 6.92 Å². The minimum Gasteiger partial charge on any atom is -0.496 e. The molecule has 1 fully saturated rings. The van der Waals surface area contributed by atoms with Crippen molar-refractivity contribution in [3.05, 3.63) is 69.6 Å². The van der Waals surface area contributed by atoms with Crippen molar-refractivity contribution in [2.45, 2.75) is 33.2 Å². The van der Waals surface area contributed by atoms with Crippen LogP contribution in [-0.2, 0) is 11.3 Å². The number of hydrogen-bond donors (Lipinski definition) is 0. The lowest BCUT2D eigenvalue weighted by atomic mass is 9.96. The number of methoxy groups -OCH3 is 1. The average molecular weight is 381 g/mol. The molecule has 2 amide bonds. The Labute approximate surface area is 164 Å². The molecule has 0 N–H and O–H groups in total. The molecule has 2 aromatic carbocycles. The lowest BCUT2D eigenvalue weighted by molar-refractivity contribution is -0.123. The quantitative estimate of drug-likeness (QED) is 0.654. The second-order valence-corrected chi connectivity index (χ2v) is 7.85. The van der Waals surface area contributed by atoms with Gasteiger partial charge in [0, 0.05) is 0 Å². The molecule has 0 saturated carbocycles. The maximum absolute atomic E-state index is 12.8. The van der Waals surface area contributed by atoms with E-state index in [9.17, 15) is 9.59 Å². The van der Waals surface area contributed by atoms with Gasteiger partial charge in [0.15, 0.2) is 0 Å². The molecule has 0 spiro atoms. The third kappa shape index (κ3) is 4.08. The highest BCUT2D eigenvalue weighted by molar-refractivity contribution is 8.18. The van der Waals surface area contributed by atoms with Crippen molar-refractivity contribution >= 4 is 29.0 Å². The van der Waals surface area contributed by atoms with E-state index in [1.165, 1.54) is 4.90 Å². The first-order chi connectivity index (χ1) is 12.9. The molecule has 4 nitrogen and oxygen atoms in total. The van der Waals surface area contributed by atoms with Crippen molar-refractivity contribution < 1.29 is 14.3 Å². The summed E-state index contributed by atoms with van der Waals surface area (Å²) in [6.07, 6.45) is 1.82. The number of nitrogens with zero attached hydrogens (tertiary/aromatic N) is 1. The molecule has 1 aliphatic heterocycles. The zero-order chi connectivity index (χ0) is 19.6. The van der Waals surface area contributed by atoms with E-state index in [0.717, 1.165) is 39.8 Å². The molecule has 0 radical (unpaired) electrons. The molecule has 0 aliphatic carbocycles. The third-order valence-corrected chi connectivity index (χ3v) is 5.49. The van der Waals surface area contributed by atoms with E-state index in [2.05, 4.69) is 13.8 Å². The van der Waals surface area contributed by atoms with Crippen LogP contribution in [0.3, 0.4) is 0 Å². The Morgan fingerprint density at radius 3 is 2.48 bits per heavy atom. The molecule has 3 rings (SSSR count). The van der Waals surface area contributed by atoms with Crippen LogP contribution in [0.2, 0.25) is 0 Å². The van der Waals surface area contributed by atoms with Crippen molar-refractivity contribution in [3.8, 4) is 5.75 Å². The lowest BCUT2D eigenvalue weighted by Crippen LogP contribution is -2.27. The fourth-order valence-corrected chi connectivity index (χ4v) is 3.87. The summed E-state index contributed by atoms with van der Waals surface area (Å²) in [5.74, 6) is 0.896. The number of ether oxygens (including phenoxy) is 1. The molecule has 140 valence electrons. The minimum atomic E-state index is -0.241. The monoisotopic (exact) mass is 381 g/mol. The van der Waals surface area contributed by atoms with E-state index in [4.69, 9.17) is 4.74 Å². The van der Waals surface area contributed by atoms with Crippen molar-refractivity contribution in [3.63, 3.8) is 0 Å². The van der Waals surface area contributed by atoms with E-state index >= 15 is 0 Å². The van der Waals surface area contributed by atoms with Gasteiger partial charge in [-0.2, -0.15) is 0 Å². The van der Waals surface area contributed by atoms with Gasteiger partial charge >= 0.3 is 0 Å². The predicted molar refractivity (Wildman–Crippen MR) is 110 cm³/mol. The average Bonchev–Trinajstić information content (AvgIpc) is 2.91. The van der Waals surface area contributed by atoms with Gasteiger partial charge in [-0.05, 0) is 65.1 Å². The molecule has 0 atom stereocenters. The summed E-state index contributed by atoms with van der Waals surface area (Å²) in [4.78, 5) is 26.9. The van der Waals surface area contributed by atoms with Gasteiger partial charge in [-0.1, -0.05) is 44.2 Å². The van der Waals surface area contributed by atoms with E-state index in [1.54, 1.807) is 7.11 Å². The highest BCUT2D eigenvalue weighted by atomic mass is 32.2. The number of aryl methyl sites for hydroxylation is 1. The Balaban J connectivity index is 1.91. The third-order valence-electron chi connectivity index (χ3n) is 4.58. The van der Waals surface area contributed by atoms with Crippen LogP contribution in [0.1, 0.15) is 42.0 Å². The summed E-state index contributed by atoms with van der Waals surface area (Å²) in [6, 6.07) is 13.6. The molecular formula is C22H23NO3S. The zero-order valence-corrected chi connectivity index (χ0v) is 16.8. The van der Waals surface area contributed by atoms with E-state index < -0.39 is 0 Å². The maximum Gasteiger partial charge on any atom is 0.293 e. The molecule has 1 saturated heterocycles. The summed E-state index contributed by atoms with van der Waals surface area (Å²) < 4.78 is 5.48. The molecule has 27 heavy (non-hydrogen) atoms. The van der Waals surface area contributed by atoms with Gasteiger partial charge in [-0.15, -0.1) is 0 Å². The number of carbonyl (C=O) groups excluding carboxylic acids is 2. The van der Waals surface area contributed by atoms with E-state index in [0.29, 0.717) is 17.4 Å². The number of benzene rings is 2. The molecule has 0 bridgehead atoms. The van der Waals surface area contributed by atoms with Crippen molar-refractivity contribution in [1.82, 2.24) is 4.90 Å². The normalized spacial score (nSPS) is 15.9. The number of thioether (sulfide) groups is 1. The summed E-state index contributed by atoms with van der Waals surface area (Å²) in [6.45, 7) is 6.48. The first-order valence-electron chi connectivity index (χ1n) is 8.88. The largest absolute Gasteiger partial charge is 0.496 e. The Bertz CT molecular complexity index is 903. The van der Waals surface area contributed by atoms with Gasteiger partial charge in [0.05, 0.1) is 18.6 Å². The number of amides is 2. The second kappa shape index (κ2) is 8.01. The molecule has 1 heterocycles. The van der Waals surface area contributed by atoms with Crippen LogP contribution in [0.4, 0.5) is 4.79 Å². The summed E-state index contributed by atoms with van der Waals surface area (Å²) >= 11 is 0.996.